The topological polar surface area (TPSA) is 67.9 Å². The molecule has 1 aromatic carbocycles. The summed E-state index contributed by atoms with van der Waals surface area (Å²) in [6, 6.07) is 5.88. The molecule has 1 atom stereocenters. The lowest BCUT2D eigenvalue weighted by atomic mass is 10.0. The first-order valence-corrected chi connectivity index (χ1v) is 6.97. The number of halogens is 1. The highest BCUT2D eigenvalue weighted by Gasteiger charge is 2.40. The number of amides is 2. The molecular formula is C15H19FN2O4. The van der Waals surface area contributed by atoms with Crippen LogP contribution in [-0.4, -0.2) is 55.7 Å². The van der Waals surface area contributed by atoms with Gasteiger partial charge in [-0.15, -0.1) is 0 Å². The highest BCUT2D eigenvalue weighted by Crippen LogP contribution is 2.19. The van der Waals surface area contributed by atoms with Gasteiger partial charge in [0.1, 0.15) is 0 Å². The third-order valence-corrected chi connectivity index (χ3v) is 3.52. The summed E-state index contributed by atoms with van der Waals surface area (Å²) >= 11 is 0. The molecule has 1 heterocycles. The van der Waals surface area contributed by atoms with Crippen LogP contribution >= 0.6 is 0 Å². The van der Waals surface area contributed by atoms with Gasteiger partial charge in [0.25, 0.3) is 11.8 Å². The molecule has 7 heteroatoms. The van der Waals surface area contributed by atoms with E-state index in [1.54, 1.807) is 19.1 Å². The van der Waals surface area contributed by atoms with E-state index in [1.165, 1.54) is 24.1 Å². The van der Waals surface area contributed by atoms with Crippen LogP contribution in [0, 0.1) is 5.82 Å². The summed E-state index contributed by atoms with van der Waals surface area (Å²) in [6.07, 6.45) is 0. The monoisotopic (exact) mass is 310 g/mol. The molecule has 1 aromatic rings. The first kappa shape index (κ1) is 16.2. The van der Waals surface area contributed by atoms with Gasteiger partial charge in [-0.25, -0.2) is 4.39 Å². The molecule has 1 fully saturated rings. The van der Waals surface area contributed by atoms with Gasteiger partial charge in [-0.05, 0) is 19.1 Å². The number of hydrogen-bond acceptors (Lipinski definition) is 4. The van der Waals surface area contributed by atoms with Crippen molar-refractivity contribution in [2.75, 3.05) is 33.4 Å². The fourth-order valence-corrected chi connectivity index (χ4v) is 2.28. The maximum absolute atomic E-state index is 13.4. The van der Waals surface area contributed by atoms with Gasteiger partial charge in [0.05, 0.1) is 13.2 Å². The molecule has 1 saturated heterocycles. The maximum atomic E-state index is 13.4. The van der Waals surface area contributed by atoms with Crippen LogP contribution in [0.4, 0.5) is 4.39 Å². The van der Waals surface area contributed by atoms with Crippen molar-refractivity contribution < 1.29 is 23.5 Å². The number of morpholine rings is 1. The van der Waals surface area contributed by atoms with Crippen molar-refractivity contribution in [1.82, 2.24) is 10.2 Å². The number of nitrogens with zero attached hydrogens (tertiary/aromatic N) is 1. The number of para-hydroxylation sites is 1. The van der Waals surface area contributed by atoms with Crippen molar-refractivity contribution >= 4 is 11.8 Å². The molecule has 0 radical (unpaired) electrons. The van der Waals surface area contributed by atoms with Crippen LogP contribution in [0.15, 0.2) is 24.3 Å². The number of hydrogen-bond donors (Lipinski definition) is 1. The summed E-state index contributed by atoms with van der Waals surface area (Å²) in [4.78, 5) is 25.5. The highest BCUT2D eigenvalue weighted by atomic mass is 19.1. The summed E-state index contributed by atoms with van der Waals surface area (Å²) in [7, 11) is 1.51. The molecule has 0 unspecified atom stereocenters. The number of rotatable bonds is 4. The number of carbonyl (C=O) groups excluding carboxylic acids is 2. The smallest absolute Gasteiger partial charge is 0.260 e. The van der Waals surface area contributed by atoms with E-state index in [4.69, 9.17) is 9.47 Å². The Balaban J connectivity index is 1.95. The summed E-state index contributed by atoms with van der Waals surface area (Å²) in [6.45, 7) is 2.10. The van der Waals surface area contributed by atoms with Crippen LogP contribution in [-0.2, 0) is 14.3 Å². The Bertz CT molecular complexity index is 566. The number of nitrogens with one attached hydrogen (secondary N) is 1. The molecule has 120 valence electrons. The fourth-order valence-electron chi connectivity index (χ4n) is 2.28. The van der Waals surface area contributed by atoms with Crippen LogP contribution in [0.5, 0.6) is 5.75 Å². The highest BCUT2D eigenvalue weighted by molar-refractivity contribution is 5.86. The van der Waals surface area contributed by atoms with Crippen LogP contribution in [0.2, 0.25) is 0 Å². The molecule has 2 rings (SSSR count). The molecule has 22 heavy (non-hydrogen) atoms. The Morgan fingerprint density at radius 2 is 2.18 bits per heavy atom. The Morgan fingerprint density at radius 1 is 1.45 bits per heavy atom. The lowest BCUT2D eigenvalue weighted by Gasteiger charge is -2.38. The van der Waals surface area contributed by atoms with Crippen molar-refractivity contribution in [1.29, 1.82) is 0 Å². The quantitative estimate of drug-likeness (QED) is 0.883. The first-order chi connectivity index (χ1) is 10.5. The van der Waals surface area contributed by atoms with E-state index in [0.717, 1.165) is 0 Å². The van der Waals surface area contributed by atoms with Crippen molar-refractivity contribution in [2.45, 2.75) is 12.5 Å². The van der Waals surface area contributed by atoms with E-state index in [0.29, 0.717) is 6.54 Å². The summed E-state index contributed by atoms with van der Waals surface area (Å²) in [5.74, 6) is -1.10. The van der Waals surface area contributed by atoms with E-state index in [1.807, 2.05) is 0 Å². The predicted molar refractivity (Wildman–Crippen MR) is 76.9 cm³/mol. The number of likely N-dealkylation sites (N-methyl/N-ethyl adjacent to an activating group) is 1. The molecule has 1 aliphatic heterocycles. The molecule has 0 aliphatic carbocycles. The minimum Gasteiger partial charge on any atom is -0.481 e. The van der Waals surface area contributed by atoms with Gasteiger partial charge in [0, 0.05) is 13.6 Å². The molecule has 6 nitrogen and oxygen atoms in total. The fraction of sp³-hybridized carbons (Fsp3) is 0.467. The van der Waals surface area contributed by atoms with E-state index >= 15 is 0 Å². The molecule has 0 saturated carbocycles. The van der Waals surface area contributed by atoms with Gasteiger partial charge in [-0.2, -0.15) is 0 Å². The minimum atomic E-state index is -1.08. The van der Waals surface area contributed by atoms with Crippen molar-refractivity contribution in [2.24, 2.45) is 0 Å². The van der Waals surface area contributed by atoms with Crippen molar-refractivity contribution in [3.63, 3.8) is 0 Å². The third kappa shape index (κ3) is 3.54. The molecule has 0 spiro atoms. The lowest BCUT2D eigenvalue weighted by molar-refractivity contribution is -0.163. The molecular weight excluding hydrogens is 291 g/mol. The normalized spacial score (nSPS) is 21.3. The number of carbonyl (C=O) groups is 2. The van der Waals surface area contributed by atoms with Crippen LogP contribution in [0.3, 0.4) is 0 Å². The first-order valence-electron chi connectivity index (χ1n) is 6.97. The van der Waals surface area contributed by atoms with E-state index in [2.05, 4.69) is 5.32 Å². The van der Waals surface area contributed by atoms with Crippen LogP contribution < -0.4 is 10.1 Å². The van der Waals surface area contributed by atoms with Gasteiger partial charge in [-0.1, -0.05) is 12.1 Å². The zero-order valence-corrected chi connectivity index (χ0v) is 12.6. The van der Waals surface area contributed by atoms with Crippen LogP contribution in [0.1, 0.15) is 6.92 Å². The molecule has 1 aliphatic rings. The Kier molecular flexibility index (Phi) is 4.97. The van der Waals surface area contributed by atoms with Gasteiger partial charge < -0.3 is 19.7 Å². The lowest BCUT2D eigenvalue weighted by Crippen LogP contribution is -2.59. The Hall–Kier alpha value is -2.15. The zero-order valence-electron chi connectivity index (χ0n) is 12.6. The average Bonchev–Trinajstić information content (AvgIpc) is 2.53. The van der Waals surface area contributed by atoms with Gasteiger partial charge in [-0.3, -0.25) is 9.59 Å². The van der Waals surface area contributed by atoms with Gasteiger partial charge >= 0.3 is 0 Å². The molecule has 0 aromatic heterocycles. The van der Waals surface area contributed by atoms with E-state index < -0.39 is 11.4 Å². The van der Waals surface area contributed by atoms with Crippen LogP contribution in [0.25, 0.3) is 0 Å². The summed E-state index contributed by atoms with van der Waals surface area (Å²) < 4.78 is 24.1. The van der Waals surface area contributed by atoms with Crippen molar-refractivity contribution in [3.8, 4) is 5.75 Å². The standard InChI is InChI=1S/C15H19FN2O4/c1-15(14(20)17-2)10-18(7-8-22-15)13(19)9-21-12-6-4-3-5-11(12)16/h3-6H,7-10H2,1-2H3,(H,17,20)/t15-/m1/s1. The second kappa shape index (κ2) is 6.74. The molecule has 2 amide bonds. The number of benzene rings is 1. The average molecular weight is 310 g/mol. The predicted octanol–water partition coefficient (Wildman–Crippen LogP) is 0.568. The maximum Gasteiger partial charge on any atom is 0.260 e. The second-order valence-electron chi connectivity index (χ2n) is 5.19. The third-order valence-electron chi connectivity index (χ3n) is 3.52. The number of ether oxygens (including phenoxy) is 2. The minimum absolute atomic E-state index is 0.0261. The van der Waals surface area contributed by atoms with Crippen molar-refractivity contribution in [3.05, 3.63) is 30.1 Å². The van der Waals surface area contributed by atoms with E-state index in [9.17, 15) is 14.0 Å². The largest absolute Gasteiger partial charge is 0.481 e. The molecule has 1 N–H and O–H groups in total. The summed E-state index contributed by atoms with van der Waals surface area (Å²) in [5, 5.41) is 2.52. The SMILES string of the molecule is CNC(=O)[C@@]1(C)CN(C(=O)COc2ccccc2F)CCO1. The summed E-state index contributed by atoms with van der Waals surface area (Å²) in [5.41, 5.74) is -1.08. The van der Waals surface area contributed by atoms with Gasteiger partial charge in [0.2, 0.25) is 0 Å². The molecule has 0 bridgehead atoms. The second-order valence-corrected chi connectivity index (χ2v) is 5.19. The Morgan fingerprint density at radius 3 is 2.86 bits per heavy atom. The van der Waals surface area contributed by atoms with Gasteiger partial charge in [0.15, 0.2) is 23.8 Å². The van der Waals surface area contributed by atoms with E-state index in [-0.39, 0.29) is 37.3 Å². The Labute approximate surface area is 128 Å². The zero-order chi connectivity index (χ0) is 16.2.